The Bertz CT molecular complexity index is 1100. The maximum absolute atomic E-state index is 12.8. The lowest BCUT2D eigenvalue weighted by molar-refractivity contribution is -0.137. The molecule has 33 heavy (non-hydrogen) atoms. The van der Waals surface area contributed by atoms with Crippen LogP contribution in [0, 0.1) is 0 Å². The minimum atomic E-state index is -4.48. The summed E-state index contributed by atoms with van der Waals surface area (Å²) >= 11 is 0. The molecule has 0 aliphatic carbocycles. The normalized spacial score (nSPS) is 11.4. The van der Waals surface area contributed by atoms with Crippen LogP contribution in [-0.4, -0.2) is 48.9 Å². The fraction of sp³-hybridized carbons (Fsp3) is 0.381. The van der Waals surface area contributed by atoms with Gasteiger partial charge in [-0.1, -0.05) is 5.21 Å². The van der Waals surface area contributed by atoms with Gasteiger partial charge in [0.2, 0.25) is 0 Å². The third kappa shape index (κ3) is 7.16. The minimum Gasteiger partial charge on any atom is -0.354 e. The van der Waals surface area contributed by atoms with Crippen LogP contribution < -0.4 is 5.32 Å². The fourth-order valence-electron chi connectivity index (χ4n) is 3.05. The van der Waals surface area contributed by atoms with E-state index in [4.69, 9.17) is 0 Å². The van der Waals surface area contributed by atoms with Crippen LogP contribution in [0.15, 0.2) is 36.7 Å². The Morgan fingerprint density at radius 2 is 1.73 bits per heavy atom. The number of halogens is 3. The lowest BCUT2D eigenvalue weighted by atomic mass is 10.1. The van der Waals surface area contributed by atoms with Gasteiger partial charge in [-0.05, 0) is 43.5 Å². The number of hydrogen-bond donors (Lipinski definition) is 1. The number of pyridine rings is 1. The highest BCUT2D eigenvalue weighted by Crippen LogP contribution is 2.29. The van der Waals surface area contributed by atoms with E-state index in [1.54, 1.807) is 23.0 Å². The number of carbonyl (C=O) groups excluding carboxylic acids is 2. The largest absolute Gasteiger partial charge is 0.416 e. The van der Waals surface area contributed by atoms with Gasteiger partial charge in [0.15, 0.2) is 5.69 Å². The summed E-state index contributed by atoms with van der Waals surface area (Å²) in [5.41, 5.74) is 0.696. The van der Waals surface area contributed by atoms with Gasteiger partial charge < -0.3 is 5.32 Å². The topological polar surface area (TPSA) is 116 Å². The fourth-order valence-corrected chi connectivity index (χ4v) is 3.05. The van der Waals surface area contributed by atoms with Crippen molar-refractivity contribution in [2.75, 3.05) is 7.05 Å². The summed E-state index contributed by atoms with van der Waals surface area (Å²) in [6.07, 6.45) is 0.176. The average Bonchev–Trinajstić information content (AvgIpc) is 3.26. The van der Waals surface area contributed by atoms with Gasteiger partial charge in [-0.25, -0.2) is 0 Å². The van der Waals surface area contributed by atoms with Gasteiger partial charge in [0, 0.05) is 31.9 Å². The SMILES string of the molecule is CNC(=O)c1cn(CCCCc2ccc(CC(=O)Cc3cc(C(F)(F)F)ccn3)nn2)nn1. The van der Waals surface area contributed by atoms with Crippen LogP contribution in [0.2, 0.25) is 0 Å². The van der Waals surface area contributed by atoms with E-state index in [1.165, 1.54) is 7.05 Å². The second-order valence-electron chi connectivity index (χ2n) is 7.34. The van der Waals surface area contributed by atoms with Gasteiger partial charge in [-0.2, -0.15) is 23.4 Å². The quantitative estimate of drug-likeness (QED) is 0.460. The summed E-state index contributed by atoms with van der Waals surface area (Å²) in [5.74, 6) is -0.589. The third-order valence-corrected chi connectivity index (χ3v) is 4.74. The monoisotopic (exact) mass is 461 g/mol. The highest BCUT2D eigenvalue weighted by Gasteiger charge is 2.30. The standard InChI is InChI=1S/C21H22F3N7O2/c1-25-20(33)19-13-31(30-29-19)9-3-2-4-15-5-6-16(28-27-15)11-18(32)12-17-10-14(7-8-26-17)21(22,23)24/h5-8,10,13H,2-4,9,11-12H2,1H3,(H,25,33). The number of aromatic nitrogens is 6. The molecule has 0 fully saturated rings. The first-order valence-electron chi connectivity index (χ1n) is 10.2. The van der Waals surface area contributed by atoms with E-state index >= 15 is 0 Å². The molecule has 1 N–H and O–H groups in total. The molecule has 12 heteroatoms. The van der Waals surface area contributed by atoms with Gasteiger partial charge in [-0.3, -0.25) is 19.3 Å². The maximum Gasteiger partial charge on any atom is 0.416 e. The molecule has 0 spiro atoms. The van der Waals surface area contributed by atoms with Crippen molar-refractivity contribution in [2.45, 2.75) is 44.8 Å². The molecular formula is C21H22F3N7O2. The predicted molar refractivity (Wildman–Crippen MR) is 110 cm³/mol. The van der Waals surface area contributed by atoms with E-state index in [0.29, 0.717) is 18.7 Å². The minimum absolute atomic E-state index is 0.0365. The molecular weight excluding hydrogens is 439 g/mol. The zero-order valence-electron chi connectivity index (χ0n) is 17.8. The highest BCUT2D eigenvalue weighted by atomic mass is 19.4. The van der Waals surface area contributed by atoms with E-state index in [9.17, 15) is 22.8 Å². The van der Waals surface area contributed by atoms with E-state index in [1.807, 2.05) is 0 Å². The highest BCUT2D eigenvalue weighted by molar-refractivity contribution is 5.91. The first kappa shape index (κ1) is 24.0. The van der Waals surface area contributed by atoms with Crippen molar-refractivity contribution in [3.8, 4) is 0 Å². The number of amides is 1. The second-order valence-corrected chi connectivity index (χ2v) is 7.34. The lowest BCUT2D eigenvalue weighted by Crippen LogP contribution is -2.18. The Balaban J connectivity index is 1.43. The molecule has 0 bridgehead atoms. The Hall–Kier alpha value is -3.70. The number of rotatable bonds is 10. The van der Waals surface area contributed by atoms with Crippen molar-refractivity contribution in [1.82, 2.24) is 35.5 Å². The Morgan fingerprint density at radius 1 is 1.00 bits per heavy atom. The Kier molecular flexibility index (Phi) is 7.80. The number of hydrogen-bond acceptors (Lipinski definition) is 7. The summed E-state index contributed by atoms with van der Waals surface area (Å²) in [6, 6.07) is 5.21. The zero-order chi connectivity index (χ0) is 23.8. The smallest absolute Gasteiger partial charge is 0.354 e. The molecule has 0 radical (unpaired) electrons. The molecule has 3 heterocycles. The van der Waals surface area contributed by atoms with Crippen LogP contribution in [0.3, 0.4) is 0 Å². The molecule has 3 aromatic rings. The summed E-state index contributed by atoms with van der Waals surface area (Å²) in [5, 5.41) is 18.3. The predicted octanol–water partition coefficient (Wildman–Crippen LogP) is 2.22. The van der Waals surface area contributed by atoms with Crippen molar-refractivity contribution < 1.29 is 22.8 Å². The van der Waals surface area contributed by atoms with E-state index in [2.05, 4.69) is 30.8 Å². The maximum atomic E-state index is 12.8. The van der Waals surface area contributed by atoms with Crippen molar-refractivity contribution in [3.63, 3.8) is 0 Å². The number of carbonyl (C=O) groups is 2. The number of nitrogens with zero attached hydrogens (tertiary/aromatic N) is 6. The van der Waals surface area contributed by atoms with Gasteiger partial charge in [-0.15, -0.1) is 5.10 Å². The number of Topliss-reactive ketones (excluding diaryl/α,β-unsaturated/α-hetero) is 1. The number of aryl methyl sites for hydroxylation is 2. The molecule has 0 saturated carbocycles. The molecule has 9 nitrogen and oxygen atoms in total. The number of alkyl halides is 3. The van der Waals surface area contributed by atoms with Gasteiger partial charge >= 0.3 is 6.18 Å². The zero-order valence-corrected chi connectivity index (χ0v) is 17.8. The van der Waals surface area contributed by atoms with Crippen molar-refractivity contribution in [3.05, 3.63) is 65.0 Å². The van der Waals surface area contributed by atoms with Crippen molar-refractivity contribution >= 4 is 11.7 Å². The van der Waals surface area contributed by atoms with E-state index in [0.717, 1.165) is 36.9 Å². The number of unbranched alkanes of at least 4 members (excludes halogenated alkanes) is 1. The molecule has 174 valence electrons. The van der Waals surface area contributed by atoms with Crippen LogP contribution in [0.5, 0.6) is 0 Å². The summed E-state index contributed by atoms with van der Waals surface area (Å²) in [6.45, 7) is 0.605. The Labute approximate surface area is 187 Å². The van der Waals surface area contributed by atoms with E-state index in [-0.39, 0.29) is 35.9 Å². The molecule has 0 aliphatic heterocycles. The first-order chi connectivity index (χ1) is 15.7. The second kappa shape index (κ2) is 10.7. The van der Waals surface area contributed by atoms with Crippen LogP contribution in [-0.2, 0) is 36.8 Å². The average molecular weight is 461 g/mol. The Morgan fingerprint density at radius 3 is 2.42 bits per heavy atom. The molecule has 0 atom stereocenters. The molecule has 0 aliphatic rings. The molecule has 0 aromatic carbocycles. The third-order valence-electron chi connectivity index (χ3n) is 4.74. The molecule has 3 rings (SSSR count). The van der Waals surface area contributed by atoms with E-state index < -0.39 is 11.7 Å². The molecule has 0 saturated heterocycles. The van der Waals surface area contributed by atoms with Gasteiger partial charge in [0.05, 0.1) is 29.6 Å². The lowest BCUT2D eigenvalue weighted by Gasteiger charge is -2.07. The number of nitrogens with one attached hydrogen (secondary N) is 1. The van der Waals surface area contributed by atoms with Crippen LogP contribution in [0.25, 0.3) is 0 Å². The molecule has 1 amide bonds. The molecule has 0 unspecified atom stereocenters. The summed E-state index contributed by atoms with van der Waals surface area (Å²) in [7, 11) is 1.52. The van der Waals surface area contributed by atoms with Gasteiger partial charge in [0.25, 0.3) is 5.91 Å². The van der Waals surface area contributed by atoms with Gasteiger partial charge in [0.1, 0.15) is 5.78 Å². The first-order valence-corrected chi connectivity index (χ1v) is 10.2. The number of ketones is 1. The summed E-state index contributed by atoms with van der Waals surface area (Å²) < 4.78 is 39.9. The van der Waals surface area contributed by atoms with Crippen molar-refractivity contribution in [2.24, 2.45) is 0 Å². The van der Waals surface area contributed by atoms with Crippen molar-refractivity contribution in [1.29, 1.82) is 0 Å². The molecule has 3 aromatic heterocycles. The van der Waals surface area contributed by atoms with Crippen LogP contribution >= 0.6 is 0 Å². The van der Waals surface area contributed by atoms with Crippen LogP contribution in [0.4, 0.5) is 13.2 Å². The van der Waals surface area contributed by atoms with Crippen LogP contribution in [0.1, 0.15) is 46.0 Å². The summed E-state index contributed by atoms with van der Waals surface area (Å²) in [4.78, 5) is 27.5.